The van der Waals surface area contributed by atoms with Gasteiger partial charge in [0.1, 0.15) is 0 Å². The summed E-state index contributed by atoms with van der Waals surface area (Å²) in [6, 6.07) is 0. The molecule has 0 N–H and O–H groups in total. The molecule has 0 heterocycles. The van der Waals surface area contributed by atoms with Crippen LogP contribution in [0.5, 0.6) is 0 Å². The Kier molecular flexibility index (Phi) is 20.8. The molecule has 0 spiro atoms. The Morgan fingerprint density at radius 3 is 1.20 bits per heavy atom. The van der Waals surface area contributed by atoms with Gasteiger partial charge in [-0.15, -0.1) is 12.8 Å². The third-order valence-electron chi connectivity index (χ3n) is 4.67. The first-order chi connectivity index (χ1) is 12.8. The van der Waals surface area contributed by atoms with Crippen LogP contribution in [0.2, 0.25) is 52.4 Å². The smallest absolute Gasteiger partial charge is 1.00 e. The van der Waals surface area contributed by atoms with E-state index in [2.05, 4.69) is 90.5 Å². The summed E-state index contributed by atoms with van der Waals surface area (Å²) >= 11 is 1.74. The Balaban J connectivity index is -0.000000391. The first-order valence-electron chi connectivity index (χ1n) is 10.9. The largest absolute Gasteiger partial charge is 1.00 e. The maximum absolute atomic E-state index is 3.47. The summed E-state index contributed by atoms with van der Waals surface area (Å²) in [5.74, 6) is 0. The number of hydrogen-bond donors (Lipinski definition) is 0. The van der Waals surface area contributed by atoms with Crippen LogP contribution in [0.25, 0.3) is 0 Å². The standard InChI is InChI=1S/2C11H19Si.C2H6Si.2ClH.Zr/c2*1-5-6-10-7-8-11(9-10)12(2,3)4;1-3-2;;;/h2*9H,5-6,8H2,1-4H3;1-2H3;2*1H;/q2*-1;;;;+2/p-2. The minimum Gasteiger partial charge on any atom is -1.00 e. The van der Waals surface area contributed by atoms with E-state index in [0.29, 0.717) is 0 Å². The second-order valence-electron chi connectivity index (χ2n) is 10.1. The van der Waals surface area contributed by atoms with E-state index in [4.69, 9.17) is 0 Å². The summed E-state index contributed by atoms with van der Waals surface area (Å²) in [6.45, 7) is 23.6. The van der Waals surface area contributed by atoms with Gasteiger partial charge in [0.15, 0.2) is 0 Å². The first kappa shape index (κ1) is 35.7. The Bertz CT molecular complexity index is 580. The molecule has 172 valence electrons. The molecule has 0 radical (unpaired) electrons. The molecule has 6 heteroatoms. The van der Waals surface area contributed by atoms with E-state index in [9.17, 15) is 0 Å². The predicted octanol–water partition coefficient (Wildman–Crippen LogP) is 2.24. The molecule has 0 saturated heterocycles. The van der Waals surface area contributed by atoms with Crippen LogP contribution in [-0.4, -0.2) is 21.6 Å². The van der Waals surface area contributed by atoms with Gasteiger partial charge in [-0.1, -0.05) is 78.8 Å². The van der Waals surface area contributed by atoms with Gasteiger partial charge in [-0.05, 0) is 0 Å². The van der Waals surface area contributed by atoms with Gasteiger partial charge >= 0.3 is 41.9 Å². The Labute approximate surface area is 218 Å². The van der Waals surface area contributed by atoms with E-state index in [1.807, 2.05) is 0 Å². The fourth-order valence-corrected chi connectivity index (χ4v) is 5.32. The molecule has 2 aliphatic rings. The molecular weight excluding hydrogens is 535 g/mol. The van der Waals surface area contributed by atoms with Gasteiger partial charge in [-0.2, -0.15) is 10.4 Å². The molecule has 0 amide bonds. The molecular formula is C24H44Cl2Si3Zr-2. The summed E-state index contributed by atoms with van der Waals surface area (Å²) < 4.78 is 0. The number of rotatable bonds is 6. The molecule has 0 fully saturated rings. The van der Waals surface area contributed by atoms with Gasteiger partial charge in [-0.3, -0.25) is 12.2 Å². The van der Waals surface area contributed by atoms with E-state index in [1.54, 1.807) is 33.7 Å². The van der Waals surface area contributed by atoms with Crippen LogP contribution in [0.15, 0.2) is 33.7 Å². The zero-order valence-electron chi connectivity index (χ0n) is 21.2. The molecule has 0 nitrogen and oxygen atoms in total. The van der Waals surface area contributed by atoms with Crippen molar-refractivity contribution in [3.8, 4) is 0 Å². The zero-order chi connectivity index (χ0) is 22.0. The van der Waals surface area contributed by atoms with Crippen molar-refractivity contribution in [3.05, 3.63) is 45.8 Å². The topological polar surface area (TPSA) is 0 Å². The van der Waals surface area contributed by atoms with E-state index in [0.717, 1.165) is 12.8 Å². The van der Waals surface area contributed by atoms with Crippen molar-refractivity contribution in [1.82, 2.24) is 0 Å². The van der Waals surface area contributed by atoms with Gasteiger partial charge in [-0.25, -0.2) is 23.3 Å². The third-order valence-corrected chi connectivity index (χ3v) is 9.17. The fourth-order valence-electron chi connectivity index (χ4n) is 2.87. The maximum Gasteiger partial charge on any atom is -1.00 e. The van der Waals surface area contributed by atoms with Gasteiger partial charge in [0.2, 0.25) is 0 Å². The average Bonchev–Trinajstić information content (AvgIpc) is 3.16. The molecule has 0 aromatic heterocycles. The predicted molar refractivity (Wildman–Crippen MR) is 133 cm³/mol. The van der Waals surface area contributed by atoms with Gasteiger partial charge in [0.05, 0.1) is 16.1 Å². The number of allylic oxidation sites excluding steroid dienone is 8. The van der Waals surface area contributed by atoms with Crippen molar-refractivity contribution >= 4 is 21.6 Å². The maximum atomic E-state index is 3.47. The van der Waals surface area contributed by atoms with Crippen LogP contribution in [0.3, 0.4) is 0 Å². The van der Waals surface area contributed by atoms with Crippen LogP contribution in [-0.2, 0) is 23.3 Å². The molecule has 0 atom stereocenters. The van der Waals surface area contributed by atoms with Gasteiger partial charge < -0.3 is 24.8 Å². The molecule has 2 aliphatic carbocycles. The Morgan fingerprint density at radius 2 is 1.03 bits per heavy atom. The normalized spacial score (nSPS) is 15.1. The second kappa shape index (κ2) is 17.5. The van der Waals surface area contributed by atoms with Crippen molar-refractivity contribution < 1.29 is 48.1 Å². The molecule has 0 saturated carbocycles. The third kappa shape index (κ3) is 16.7. The van der Waals surface area contributed by atoms with Crippen LogP contribution >= 0.6 is 0 Å². The van der Waals surface area contributed by atoms with Crippen molar-refractivity contribution in [1.29, 1.82) is 0 Å². The minimum atomic E-state index is -1.02. The second-order valence-corrected chi connectivity index (χ2v) is 29.8. The van der Waals surface area contributed by atoms with Crippen molar-refractivity contribution in [2.75, 3.05) is 0 Å². The van der Waals surface area contributed by atoms with Gasteiger partial charge in [0.25, 0.3) is 0 Å². The SMILES string of the molecule is CCCC1=[C-]CC([Si](C)(C)C)=C1.CCCC1=[C-]CC([Si](C)(C)C)=C1.C[Si](C)=[Zr+2].[Cl-].[Cl-]. The van der Waals surface area contributed by atoms with Crippen LogP contribution in [0.4, 0.5) is 0 Å². The van der Waals surface area contributed by atoms with Crippen molar-refractivity contribution in [2.45, 2.75) is 105 Å². The average molecular weight is 579 g/mol. The minimum absolute atomic E-state index is 0. The molecule has 0 aromatic carbocycles. The summed E-state index contributed by atoms with van der Waals surface area (Å²) in [5.41, 5.74) is 3.12. The summed E-state index contributed by atoms with van der Waals surface area (Å²) in [5, 5.41) is 3.34. The van der Waals surface area contributed by atoms with E-state index in [-0.39, 0.29) is 30.2 Å². The Morgan fingerprint density at radius 1 is 0.767 bits per heavy atom. The molecule has 30 heavy (non-hydrogen) atoms. The van der Waals surface area contributed by atoms with Gasteiger partial charge in [0, 0.05) is 0 Å². The van der Waals surface area contributed by atoms with Crippen LogP contribution < -0.4 is 24.8 Å². The molecule has 0 unspecified atom stereocenters. The number of hydrogen-bond acceptors (Lipinski definition) is 0. The summed E-state index contributed by atoms with van der Waals surface area (Å²) in [7, 11) is -2.03. The van der Waals surface area contributed by atoms with Crippen molar-refractivity contribution in [3.63, 3.8) is 0 Å². The summed E-state index contributed by atoms with van der Waals surface area (Å²) in [6.07, 6.45) is 18.9. The van der Waals surface area contributed by atoms with Crippen molar-refractivity contribution in [2.24, 2.45) is 0 Å². The quantitative estimate of drug-likeness (QED) is 0.335. The van der Waals surface area contributed by atoms with Crippen LogP contribution in [0.1, 0.15) is 52.4 Å². The zero-order valence-corrected chi connectivity index (χ0v) is 28.1. The fraction of sp³-hybridized carbons (Fsp3) is 0.667. The summed E-state index contributed by atoms with van der Waals surface area (Å²) in [4.78, 5) is 0. The van der Waals surface area contributed by atoms with E-state index < -0.39 is 16.1 Å². The molecule has 0 aromatic rings. The molecule has 2 rings (SSSR count). The van der Waals surface area contributed by atoms with E-state index in [1.165, 1.54) is 36.8 Å². The monoisotopic (exact) mass is 576 g/mol. The first-order valence-corrected chi connectivity index (χ1v) is 24.1. The Hall–Kier alpha value is 1.07. The molecule has 0 aliphatic heterocycles. The van der Waals surface area contributed by atoms with Crippen LogP contribution in [0, 0.1) is 12.2 Å². The number of halogens is 2. The van der Waals surface area contributed by atoms with E-state index >= 15 is 0 Å². The molecule has 0 bridgehead atoms.